The largest absolute Gasteiger partial charge is 0.493 e. The Balaban J connectivity index is 1.44. The molecule has 12 nitrogen and oxygen atoms in total. The molecule has 39 heavy (non-hydrogen) atoms. The zero-order chi connectivity index (χ0) is 28.0. The van der Waals surface area contributed by atoms with Crippen molar-refractivity contribution in [1.82, 2.24) is 19.6 Å². The van der Waals surface area contributed by atoms with Crippen LogP contribution in [0.4, 0.5) is 16.6 Å². The van der Waals surface area contributed by atoms with Crippen molar-refractivity contribution in [3.63, 3.8) is 0 Å². The molecule has 1 fully saturated rings. The summed E-state index contributed by atoms with van der Waals surface area (Å²) in [5.74, 6) is 3.02. The van der Waals surface area contributed by atoms with E-state index in [2.05, 4.69) is 19.9 Å². The Bertz CT molecular complexity index is 1170. The van der Waals surface area contributed by atoms with E-state index in [1.807, 2.05) is 35.5 Å². The van der Waals surface area contributed by atoms with Crippen LogP contribution in [0.3, 0.4) is 0 Å². The van der Waals surface area contributed by atoms with Gasteiger partial charge in [0.1, 0.15) is 5.82 Å². The Hall–Kier alpha value is -3.13. The number of piperidine rings is 1. The van der Waals surface area contributed by atoms with Gasteiger partial charge in [-0.3, -0.25) is 9.62 Å². The van der Waals surface area contributed by atoms with E-state index in [4.69, 9.17) is 19.2 Å². The average Bonchev–Trinajstić information content (AvgIpc) is 3.40. The molecular weight excluding hydrogens is 524 g/mol. The van der Waals surface area contributed by atoms with Crippen molar-refractivity contribution in [2.24, 2.45) is 0 Å². The SMILES string of the molecule is COc1cc(CCN(C)c2ccnc(NCC3(N4CCC(O)CC4)C=S(C(=O)O)NC3)n2)cc(OC)c1OC. The topological polar surface area (TPSA) is 142 Å². The highest BCUT2D eigenvalue weighted by molar-refractivity contribution is 8.26. The molecule has 2 atom stereocenters. The van der Waals surface area contributed by atoms with E-state index in [0.29, 0.717) is 68.8 Å². The smallest absolute Gasteiger partial charge is 0.372 e. The molecule has 2 unspecified atom stereocenters. The summed E-state index contributed by atoms with van der Waals surface area (Å²) in [6.45, 7) is 3.03. The third-order valence-electron chi connectivity index (χ3n) is 7.20. The maximum absolute atomic E-state index is 11.7. The molecule has 0 aliphatic carbocycles. The Labute approximate surface area is 231 Å². The van der Waals surface area contributed by atoms with Gasteiger partial charge in [0.15, 0.2) is 11.5 Å². The number of nitrogens with one attached hydrogen (secondary N) is 2. The van der Waals surface area contributed by atoms with Crippen molar-refractivity contribution in [1.29, 1.82) is 0 Å². The molecule has 3 heterocycles. The number of hydrogen-bond acceptors (Lipinski definition) is 11. The van der Waals surface area contributed by atoms with Gasteiger partial charge in [-0.25, -0.2) is 9.78 Å². The number of hydrogen-bond donors (Lipinski definition) is 4. The van der Waals surface area contributed by atoms with Gasteiger partial charge in [0, 0.05) is 46.0 Å². The standard InChI is InChI=1S/C26H38N6O6S/c1-31(10-6-18-13-20(36-2)23(38-4)21(14-18)37-3)22-5-9-27-24(30-22)28-15-26(16-29-39(17-26)25(34)35)32-11-7-19(33)8-12-32/h5,9,13-14,17,19,29,33H,6-8,10-12,15-16H2,1-4H3,(H,34,35)(H,27,28,30). The van der Waals surface area contributed by atoms with Gasteiger partial charge >= 0.3 is 5.30 Å². The fourth-order valence-electron chi connectivity index (χ4n) is 4.90. The Morgan fingerprint density at radius 3 is 2.51 bits per heavy atom. The number of carboxylic acid groups (broad SMARTS) is 1. The van der Waals surface area contributed by atoms with Crippen LogP contribution >= 0.6 is 10.7 Å². The van der Waals surface area contributed by atoms with E-state index in [1.54, 1.807) is 27.5 Å². The van der Waals surface area contributed by atoms with E-state index in [0.717, 1.165) is 17.8 Å². The first-order valence-corrected chi connectivity index (χ1v) is 14.1. The minimum Gasteiger partial charge on any atom is -0.493 e. The molecule has 1 aromatic carbocycles. The van der Waals surface area contributed by atoms with Gasteiger partial charge in [-0.2, -0.15) is 4.98 Å². The maximum atomic E-state index is 11.7. The summed E-state index contributed by atoms with van der Waals surface area (Å²) in [4.78, 5) is 25.1. The number of carbonyl (C=O) groups is 1. The van der Waals surface area contributed by atoms with E-state index in [1.165, 1.54) is 0 Å². The van der Waals surface area contributed by atoms with Gasteiger partial charge < -0.3 is 34.6 Å². The number of ether oxygens (including phenoxy) is 3. The molecule has 0 bridgehead atoms. The van der Waals surface area contributed by atoms with Gasteiger partial charge in [0.2, 0.25) is 11.7 Å². The van der Waals surface area contributed by atoms with Crippen LogP contribution in [0.2, 0.25) is 0 Å². The molecular formula is C26H38N6O6S. The fraction of sp³-hybridized carbons (Fsp3) is 0.538. The van der Waals surface area contributed by atoms with Crippen LogP contribution < -0.4 is 29.1 Å². The number of methoxy groups -OCH3 is 3. The Kier molecular flexibility index (Phi) is 9.49. The van der Waals surface area contributed by atoms with Crippen LogP contribution in [0.5, 0.6) is 17.2 Å². The lowest BCUT2D eigenvalue weighted by Gasteiger charge is -2.42. The molecule has 2 aromatic rings. The average molecular weight is 563 g/mol. The second-order valence-corrected chi connectivity index (χ2v) is 11.2. The van der Waals surface area contributed by atoms with Gasteiger partial charge in [-0.05, 0) is 59.1 Å². The number of benzene rings is 1. The minimum absolute atomic E-state index is 0.311. The predicted octanol–water partition coefficient (Wildman–Crippen LogP) is 2.06. The summed E-state index contributed by atoms with van der Waals surface area (Å²) in [5.41, 5.74) is 0.523. The third-order valence-corrected chi connectivity index (χ3v) is 8.70. The lowest BCUT2D eigenvalue weighted by Crippen LogP contribution is -2.59. The minimum atomic E-state index is -1.03. The number of anilines is 2. The quantitative estimate of drug-likeness (QED) is 0.298. The van der Waals surface area contributed by atoms with Crippen LogP contribution in [0, 0.1) is 0 Å². The van der Waals surface area contributed by atoms with E-state index in [9.17, 15) is 15.0 Å². The predicted molar refractivity (Wildman–Crippen MR) is 153 cm³/mol. The molecule has 0 spiro atoms. The van der Waals surface area contributed by atoms with Gasteiger partial charge in [0.25, 0.3) is 0 Å². The first kappa shape index (κ1) is 28.9. The van der Waals surface area contributed by atoms with Crippen LogP contribution in [0.15, 0.2) is 24.4 Å². The van der Waals surface area contributed by atoms with E-state index < -0.39 is 21.5 Å². The van der Waals surface area contributed by atoms with Crippen LogP contribution in [-0.2, 0) is 6.42 Å². The highest BCUT2D eigenvalue weighted by Crippen LogP contribution is 2.38. The molecule has 1 saturated heterocycles. The summed E-state index contributed by atoms with van der Waals surface area (Å²) in [5, 5.41) is 23.9. The van der Waals surface area contributed by atoms with Crippen molar-refractivity contribution < 1.29 is 29.2 Å². The van der Waals surface area contributed by atoms with Crippen LogP contribution in [0.25, 0.3) is 0 Å². The van der Waals surface area contributed by atoms with E-state index >= 15 is 0 Å². The highest BCUT2D eigenvalue weighted by Gasteiger charge is 2.41. The zero-order valence-electron chi connectivity index (χ0n) is 22.8. The number of rotatable bonds is 11. The fourth-order valence-corrected chi connectivity index (χ4v) is 6.37. The second kappa shape index (κ2) is 12.8. The van der Waals surface area contributed by atoms with Crippen molar-refractivity contribution in [2.45, 2.75) is 30.9 Å². The Morgan fingerprint density at radius 1 is 1.23 bits per heavy atom. The number of nitrogens with zero attached hydrogens (tertiary/aromatic N) is 4. The summed E-state index contributed by atoms with van der Waals surface area (Å²) in [6, 6.07) is 5.74. The van der Waals surface area contributed by atoms with Crippen LogP contribution in [-0.4, -0.2) is 108 Å². The lowest BCUT2D eigenvalue weighted by atomic mass is 9.95. The summed E-state index contributed by atoms with van der Waals surface area (Å²) in [6.07, 6.45) is 3.46. The molecule has 13 heteroatoms. The first-order chi connectivity index (χ1) is 18.8. The molecule has 2 aliphatic heterocycles. The zero-order valence-corrected chi connectivity index (χ0v) is 23.7. The first-order valence-electron chi connectivity index (χ1n) is 12.8. The monoisotopic (exact) mass is 562 g/mol. The van der Waals surface area contributed by atoms with Crippen molar-refractivity contribution in [2.75, 3.05) is 71.3 Å². The number of likely N-dealkylation sites (tertiary alicyclic amines) is 1. The second-order valence-electron chi connectivity index (χ2n) is 9.66. The lowest BCUT2D eigenvalue weighted by molar-refractivity contribution is 0.0509. The number of likely N-dealkylation sites (N-methyl/N-ethyl adjacent to an activating group) is 1. The molecule has 214 valence electrons. The third kappa shape index (κ3) is 6.72. The highest BCUT2D eigenvalue weighted by atomic mass is 32.2. The number of aliphatic hydroxyl groups is 1. The van der Waals surface area contributed by atoms with Gasteiger partial charge in [-0.1, -0.05) is 0 Å². The van der Waals surface area contributed by atoms with Crippen molar-refractivity contribution >= 4 is 33.1 Å². The Morgan fingerprint density at radius 2 is 1.92 bits per heavy atom. The summed E-state index contributed by atoms with van der Waals surface area (Å²) in [7, 11) is 5.72. The molecule has 2 aliphatic rings. The normalized spacial score (nSPS) is 21.7. The van der Waals surface area contributed by atoms with Crippen molar-refractivity contribution in [3.05, 3.63) is 30.0 Å². The molecule has 4 N–H and O–H groups in total. The molecule has 1 aromatic heterocycles. The van der Waals surface area contributed by atoms with Crippen molar-refractivity contribution in [3.8, 4) is 17.2 Å². The van der Waals surface area contributed by atoms with Gasteiger partial charge in [0.05, 0.1) is 33.0 Å². The molecule has 0 amide bonds. The number of aromatic nitrogens is 2. The molecule has 0 saturated carbocycles. The van der Waals surface area contributed by atoms with Gasteiger partial charge in [-0.15, -0.1) is 0 Å². The number of aliphatic hydroxyl groups excluding tert-OH is 1. The molecule has 0 radical (unpaired) electrons. The summed E-state index contributed by atoms with van der Waals surface area (Å²) < 4.78 is 19.5. The maximum Gasteiger partial charge on any atom is 0.372 e. The van der Waals surface area contributed by atoms with Crippen LogP contribution in [0.1, 0.15) is 18.4 Å². The summed E-state index contributed by atoms with van der Waals surface area (Å²) >= 11 is 0. The molecule has 4 rings (SSSR count). The van der Waals surface area contributed by atoms with E-state index in [-0.39, 0.29) is 6.10 Å².